The third-order valence-corrected chi connectivity index (χ3v) is 1.83. The molecule has 0 aliphatic heterocycles. The largest absolute Gasteiger partial charge is 0.347 e. The van der Waals surface area contributed by atoms with Crippen molar-refractivity contribution < 1.29 is 9.28 Å². The monoisotopic (exact) mass is 183 g/mol. The van der Waals surface area contributed by atoms with Gasteiger partial charge in [0.2, 0.25) is 5.91 Å². The topological polar surface area (TPSA) is 29.1 Å². The van der Waals surface area contributed by atoms with Gasteiger partial charge in [0, 0.05) is 0 Å². The summed E-state index contributed by atoms with van der Waals surface area (Å²) in [7, 11) is 4.20. The molecule has 74 valence electrons. The Morgan fingerprint density at radius 2 is 2.08 bits per heavy atom. The molecule has 0 spiro atoms. The number of likely N-dealkylation sites (N-methyl/N-ethyl adjacent to an activating group) is 1. The van der Waals surface area contributed by atoms with Gasteiger partial charge in [0.15, 0.2) is 0 Å². The molecule has 0 radical (unpaired) electrons. The Labute approximate surface area is 80.3 Å². The number of quaternary nitrogens is 1. The van der Waals surface area contributed by atoms with Crippen LogP contribution in [0, 0.1) is 0 Å². The van der Waals surface area contributed by atoms with E-state index in [2.05, 4.69) is 32.6 Å². The van der Waals surface area contributed by atoms with Gasteiger partial charge >= 0.3 is 0 Å². The van der Waals surface area contributed by atoms with Gasteiger partial charge < -0.3 is 9.80 Å². The molecule has 0 fully saturated rings. The van der Waals surface area contributed by atoms with Crippen molar-refractivity contribution in [2.75, 3.05) is 33.7 Å². The minimum atomic E-state index is -0.112. The molecule has 0 aliphatic carbocycles. The number of nitrogens with zero attached hydrogens (tertiary/aromatic N) is 1. The van der Waals surface area contributed by atoms with Crippen molar-refractivity contribution in [3.05, 3.63) is 25.3 Å². The second kappa shape index (κ2) is 5.54. The molecule has 3 heteroatoms. The summed E-state index contributed by atoms with van der Waals surface area (Å²) in [6.45, 7) is 9.54. The maximum atomic E-state index is 10.8. The van der Waals surface area contributed by atoms with Crippen LogP contribution in [0.4, 0.5) is 0 Å². The highest BCUT2D eigenvalue weighted by Gasteiger charge is 2.11. The fraction of sp³-hybridized carbons (Fsp3) is 0.500. The Bertz CT molecular complexity index is 197. The lowest BCUT2D eigenvalue weighted by Crippen LogP contribution is -2.45. The van der Waals surface area contributed by atoms with Crippen LogP contribution in [-0.2, 0) is 4.79 Å². The van der Waals surface area contributed by atoms with Crippen LogP contribution in [0.15, 0.2) is 25.3 Å². The Balaban J connectivity index is 3.68. The minimum absolute atomic E-state index is 0.112. The van der Waals surface area contributed by atoms with Gasteiger partial charge in [-0.2, -0.15) is 0 Å². The second-order valence-electron chi connectivity index (χ2n) is 3.63. The molecule has 3 nitrogen and oxygen atoms in total. The Kier molecular flexibility index (Phi) is 5.07. The number of nitrogens with one attached hydrogen (secondary N) is 1. The van der Waals surface area contributed by atoms with Crippen molar-refractivity contribution in [1.29, 1.82) is 0 Å². The van der Waals surface area contributed by atoms with Gasteiger partial charge in [-0.05, 0) is 12.2 Å². The number of hydrogen-bond acceptors (Lipinski definition) is 1. The highest BCUT2D eigenvalue weighted by Crippen LogP contribution is 1.94. The number of amides is 1. The summed E-state index contributed by atoms with van der Waals surface area (Å²) in [5.41, 5.74) is 0. The van der Waals surface area contributed by atoms with Crippen molar-refractivity contribution in [1.82, 2.24) is 5.32 Å². The van der Waals surface area contributed by atoms with Gasteiger partial charge in [0.05, 0.1) is 33.7 Å². The first-order valence-electron chi connectivity index (χ1n) is 4.35. The zero-order chi connectivity index (χ0) is 10.3. The van der Waals surface area contributed by atoms with Crippen molar-refractivity contribution in [3.8, 4) is 0 Å². The molecule has 13 heavy (non-hydrogen) atoms. The third-order valence-electron chi connectivity index (χ3n) is 1.83. The number of hydrogen-bond donors (Lipinski definition) is 1. The Hall–Kier alpha value is -1.09. The summed E-state index contributed by atoms with van der Waals surface area (Å²) in [6.07, 6.45) is 3.17. The predicted octanol–water partition coefficient (Wildman–Crippen LogP) is 0.551. The highest BCUT2D eigenvalue weighted by atomic mass is 16.1. The van der Waals surface area contributed by atoms with Crippen LogP contribution in [0.5, 0.6) is 0 Å². The van der Waals surface area contributed by atoms with Crippen molar-refractivity contribution in [2.45, 2.75) is 0 Å². The molecule has 0 unspecified atom stereocenters. The first-order chi connectivity index (χ1) is 6.02. The van der Waals surface area contributed by atoms with Gasteiger partial charge in [0.1, 0.15) is 0 Å². The zero-order valence-electron chi connectivity index (χ0n) is 8.55. The maximum absolute atomic E-state index is 10.8. The summed E-state index contributed by atoms with van der Waals surface area (Å²) >= 11 is 0. The van der Waals surface area contributed by atoms with Gasteiger partial charge in [0.25, 0.3) is 0 Å². The fourth-order valence-corrected chi connectivity index (χ4v) is 0.995. The van der Waals surface area contributed by atoms with Crippen LogP contribution in [0.25, 0.3) is 0 Å². The molecule has 0 heterocycles. The van der Waals surface area contributed by atoms with E-state index in [1.807, 2.05) is 6.08 Å². The van der Waals surface area contributed by atoms with E-state index >= 15 is 0 Å². The minimum Gasteiger partial charge on any atom is -0.347 e. The number of rotatable bonds is 6. The summed E-state index contributed by atoms with van der Waals surface area (Å²) in [5.74, 6) is -0.112. The van der Waals surface area contributed by atoms with Crippen LogP contribution in [0.2, 0.25) is 0 Å². The van der Waals surface area contributed by atoms with Gasteiger partial charge in [-0.1, -0.05) is 13.2 Å². The van der Waals surface area contributed by atoms with Gasteiger partial charge in [-0.3, -0.25) is 4.79 Å². The van der Waals surface area contributed by atoms with E-state index in [9.17, 15) is 4.79 Å². The molecule has 0 aromatic heterocycles. The number of carbonyl (C=O) groups excluding carboxylic acids is 1. The molecular weight excluding hydrogens is 164 g/mol. The quantitative estimate of drug-likeness (QED) is 0.364. The lowest BCUT2D eigenvalue weighted by molar-refractivity contribution is -0.883. The molecule has 0 rings (SSSR count). The van der Waals surface area contributed by atoms with E-state index < -0.39 is 0 Å². The average molecular weight is 183 g/mol. The second-order valence-corrected chi connectivity index (χ2v) is 3.63. The normalized spacial score (nSPS) is 10.6. The molecule has 0 saturated carbocycles. The van der Waals surface area contributed by atoms with Crippen LogP contribution in [-0.4, -0.2) is 44.1 Å². The standard InChI is InChI=1S/C10H18N2O/c1-5-8-12(3,4)9-7-11-10(13)6-2/h5-6H,1-2,7-9H2,3-4H3/p+1. The van der Waals surface area contributed by atoms with E-state index in [-0.39, 0.29) is 5.91 Å². The summed E-state index contributed by atoms with van der Waals surface area (Å²) in [6, 6.07) is 0. The molecule has 1 N–H and O–H groups in total. The van der Waals surface area contributed by atoms with Crippen LogP contribution < -0.4 is 5.32 Å². The summed E-state index contributed by atoms with van der Waals surface area (Å²) in [4.78, 5) is 10.8. The average Bonchev–Trinajstić information content (AvgIpc) is 2.03. The number of carbonyl (C=O) groups is 1. The van der Waals surface area contributed by atoms with Gasteiger partial charge in [-0.25, -0.2) is 0 Å². The van der Waals surface area contributed by atoms with E-state index in [0.717, 1.165) is 17.6 Å². The molecule has 0 aromatic rings. The highest BCUT2D eigenvalue weighted by molar-refractivity contribution is 5.86. The first-order valence-corrected chi connectivity index (χ1v) is 4.35. The van der Waals surface area contributed by atoms with E-state index in [1.165, 1.54) is 6.08 Å². The smallest absolute Gasteiger partial charge is 0.243 e. The lowest BCUT2D eigenvalue weighted by Gasteiger charge is -2.28. The molecule has 1 amide bonds. The molecule has 0 bridgehead atoms. The lowest BCUT2D eigenvalue weighted by atomic mass is 10.4. The van der Waals surface area contributed by atoms with Crippen molar-refractivity contribution in [2.24, 2.45) is 0 Å². The molecule has 0 saturated heterocycles. The van der Waals surface area contributed by atoms with Crippen LogP contribution >= 0.6 is 0 Å². The van der Waals surface area contributed by atoms with Crippen molar-refractivity contribution >= 4 is 5.91 Å². The van der Waals surface area contributed by atoms with E-state index in [1.54, 1.807) is 0 Å². The summed E-state index contributed by atoms with van der Waals surface area (Å²) < 4.78 is 0.834. The Morgan fingerprint density at radius 1 is 1.46 bits per heavy atom. The molecule has 0 atom stereocenters. The first kappa shape index (κ1) is 11.9. The zero-order valence-corrected chi connectivity index (χ0v) is 8.55. The van der Waals surface area contributed by atoms with Crippen LogP contribution in [0.3, 0.4) is 0 Å². The molecule has 0 aliphatic rings. The van der Waals surface area contributed by atoms with Gasteiger partial charge in [-0.15, -0.1) is 0 Å². The fourth-order valence-electron chi connectivity index (χ4n) is 0.995. The maximum Gasteiger partial charge on any atom is 0.243 e. The molecular formula is C10H19N2O+. The van der Waals surface area contributed by atoms with E-state index in [0.29, 0.717) is 6.54 Å². The SMILES string of the molecule is C=CC[N+](C)(C)CCNC(=O)C=C. The van der Waals surface area contributed by atoms with Crippen LogP contribution in [0.1, 0.15) is 0 Å². The van der Waals surface area contributed by atoms with Crippen molar-refractivity contribution in [3.63, 3.8) is 0 Å². The predicted molar refractivity (Wildman–Crippen MR) is 55.2 cm³/mol. The van der Waals surface area contributed by atoms with E-state index in [4.69, 9.17) is 0 Å². The molecule has 0 aromatic carbocycles. The third kappa shape index (κ3) is 6.11. The Morgan fingerprint density at radius 3 is 2.54 bits per heavy atom. The summed E-state index contributed by atoms with van der Waals surface area (Å²) in [5, 5.41) is 2.74.